The van der Waals surface area contributed by atoms with Crippen molar-refractivity contribution in [3.05, 3.63) is 35.9 Å². The van der Waals surface area contributed by atoms with E-state index in [1.165, 1.54) is 0 Å². The lowest BCUT2D eigenvalue weighted by Gasteiger charge is -2.33. The van der Waals surface area contributed by atoms with Gasteiger partial charge in [0.2, 0.25) is 0 Å². The number of aliphatic carboxylic acids is 1. The Morgan fingerprint density at radius 3 is 2.84 bits per heavy atom. The molecule has 2 fully saturated rings. The second kappa shape index (κ2) is 7.68. The first-order valence-electron chi connectivity index (χ1n) is 8.39. The molecule has 3 N–H and O–H groups in total. The fourth-order valence-electron chi connectivity index (χ4n) is 3.42. The van der Waals surface area contributed by atoms with Crippen LogP contribution in [0.5, 0.6) is 0 Å². The number of aliphatic hydroxyl groups is 2. The van der Waals surface area contributed by atoms with Gasteiger partial charge in [-0.2, -0.15) is 0 Å². The Hall–Kier alpha value is -2.36. The molecule has 2 aliphatic carbocycles. The highest BCUT2D eigenvalue weighted by molar-refractivity contribution is 5.93. The highest BCUT2D eigenvalue weighted by Gasteiger charge is 2.51. The topological polar surface area (TPSA) is 99.4 Å². The molecule has 2 saturated carbocycles. The van der Waals surface area contributed by atoms with Gasteiger partial charge in [-0.3, -0.25) is 4.79 Å². The Bertz CT molecular complexity index is 706. The largest absolute Gasteiger partial charge is 0.481 e. The summed E-state index contributed by atoms with van der Waals surface area (Å²) in [6, 6.07) is 9.19. The minimum absolute atomic E-state index is 0.0469. The Labute approximate surface area is 146 Å². The van der Waals surface area contributed by atoms with E-state index in [0.29, 0.717) is 12.8 Å². The van der Waals surface area contributed by atoms with E-state index in [9.17, 15) is 15.0 Å². The van der Waals surface area contributed by atoms with Crippen LogP contribution < -0.4 is 0 Å². The Kier molecular flexibility index (Phi) is 5.37. The third-order valence-corrected chi connectivity index (χ3v) is 4.86. The maximum atomic E-state index is 10.4. The number of hydrogen-bond acceptors (Lipinski definition) is 5. The predicted molar refractivity (Wildman–Crippen MR) is 90.5 cm³/mol. The van der Waals surface area contributed by atoms with Gasteiger partial charge in [-0.15, -0.1) is 0 Å². The smallest absolute Gasteiger partial charge is 0.306 e. The van der Waals surface area contributed by atoms with Crippen molar-refractivity contribution in [1.82, 2.24) is 0 Å². The molecule has 3 rings (SSSR count). The van der Waals surface area contributed by atoms with E-state index in [4.69, 9.17) is 9.94 Å². The van der Waals surface area contributed by atoms with Gasteiger partial charge >= 0.3 is 5.97 Å². The standard InChI is InChI=1S/C19H21NO5/c21-17(12-4-2-1-3-5-12)7-6-13-10-14-15(19(13)24)11-16(14)20-25-9-8-18(22)23/h1-5,13-15,17,19,21,24H,8-11H2,(H,22,23). The highest BCUT2D eigenvalue weighted by atomic mass is 16.6. The van der Waals surface area contributed by atoms with Crippen LogP contribution in [0.2, 0.25) is 0 Å². The first-order valence-corrected chi connectivity index (χ1v) is 8.39. The number of carboxylic acid groups (broad SMARTS) is 1. The highest BCUT2D eigenvalue weighted by Crippen LogP contribution is 2.48. The van der Waals surface area contributed by atoms with Crippen LogP contribution in [0.25, 0.3) is 0 Å². The summed E-state index contributed by atoms with van der Waals surface area (Å²) in [6.45, 7) is 0.0469. The first kappa shape index (κ1) is 17.5. The van der Waals surface area contributed by atoms with Crippen LogP contribution in [-0.4, -0.2) is 39.7 Å². The first-order chi connectivity index (χ1) is 12.1. The van der Waals surface area contributed by atoms with Gasteiger partial charge < -0.3 is 20.2 Å². The summed E-state index contributed by atoms with van der Waals surface area (Å²) in [5.41, 5.74) is 1.60. The van der Waals surface area contributed by atoms with Gasteiger partial charge in [0.1, 0.15) is 12.7 Å². The lowest BCUT2D eigenvalue weighted by molar-refractivity contribution is -0.138. The van der Waals surface area contributed by atoms with Crippen LogP contribution in [0.15, 0.2) is 35.5 Å². The molecule has 132 valence electrons. The lowest BCUT2D eigenvalue weighted by atomic mass is 9.73. The maximum Gasteiger partial charge on any atom is 0.306 e. The molecular weight excluding hydrogens is 322 g/mol. The van der Waals surface area contributed by atoms with Gasteiger partial charge in [0.05, 0.1) is 18.2 Å². The number of benzene rings is 1. The van der Waals surface area contributed by atoms with Crippen LogP contribution in [0.3, 0.4) is 0 Å². The van der Waals surface area contributed by atoms with Crippen LogP contribution in [0, 0.1) is 29.6 Å². The summed E-state index contributed by atoms with van der Waals surface area (Å²) < 4.78 is 0. The van der Waals surface area contributed by atoms with E-state index in [1.54, 1.807) is 0 Å². The monoisotopic (exact) mass is 343 g/mol. The SMILES string of the molecule is O=C(O)CCON=C1CC2C1CC(C#CC(O)c1ccccc1)C2O. The number of carbonyl (C=O) groups is 1. The summed E-state index contributed by atoms with van der Waals surface area (Å²) in [6.07, 6.45) is -0.142. The second-order valence-corrected chi connectivity index (χ2v) is 6.47. The van der Waals surface area contributed by atoms with E-state index in [-0.39, 0.29) is 30.8 Å². The molecule has 0 aliphatic heterocycles. The van der Waals surface area contributed by atoms with Crippen molar-refractivity contribution in [3.63, 3.8) is 0 Å². The summed E-state index contributed by atoms with van der Waals surface area (Å²) in [4.78, 5) is 15.5. The van der Waals surface area contributed by atoms with Crippen LogP contribution >= 0.6 is 0 Å². The molecule has 0 heterocycles. The van der Waals surface area contributed by atoms with Crippen molar-refractivity contribution in [1.29, 1.82) is 0 Å². The molecule has 2 aliphatic rings. The molecule has 1 aromatic rings. The molecule has 1 aromatic carbocycles. The lowest BCUT2D eigenvalue weighted by Crippen LogP contribution is -2.38. The van der Waals surface area contributed by atoms with Gasteiger partial charge in [-0.1, -0.05) is 47.3 Å². The van der Waals surface area contributed by atoms with E-state index in [0.717, 1.165) is 11.3 Å². The molecule has 0 bridgehead atoms. The average Bonchev–Trinajstić information content (AvgIpc) is 2.83. The third kappa shape index (κ3) is 4.01. The van der Waals surface area contributed by atoms with E-state index >= 15 is 0 Å². The molecule has 25 heavy (non-hydrogen) atoms. The zero-order chi connectivity index (χ0) is 17.8. The number of carboxylic acids is 1. The fourth-order valence-corrected chi connectivity index (χ4v) is 3.42. The number of rotatable bonds is 5. The molecule has 0 amide bonds. The normalized spacial score (nSPS) is 29.9. The molecule has 5 unspecified atom stereocenters. The van der Waals surface area contributed by atoms with Crippen LogP contribution in [-0.2, 0) is 9.63 Å². The van der Waals surface area contributed by atoms with Gasteiger partial charge in [-0.05, 0) is 24.3 Å². The van der Waals surface area contributed by atoms with Gasteiger partial charge in [0.25, 0.3) is 0 Å². The van der Waals surface area contributed by atoms with E-state index < -0.39 is 18.2 Å². The summed E-state index contributed by atoms with van der Waals surface area (Å²) >= 11 is 0. The zero-order valence-corrected chi connectivity index (χ0v) is 13.7. The van der Waals surface area contributed by atoms with Crippen molar-refractivity contribution in [2.45, 2.75) is 31.5 Å². The number of oxime groups is 1. The van der Waals surface area contributed by atoms with Crippen molar-refractivity contribution in [2.24, 2.45) is 22.9 Å². The average molecular weight is 343 g/mol. The van der Waals surface area contributed by atoms with Gasteiger partial charge in [0.15, 0.2) is 0 Å². The van der Waals surface area contributed by atoms with Crippen LogP contribution in [0.4, 0.5) is 0 Å². The Morgan fingerprint density at radius 2 is 2.12 bits per heavy atom. The molecule has 6 heteroatoms. The number of nitrogens with zero attached hydrogens (tertiary/aromatic N) is 1. The Balaban J connectivity index is 1.55. The van der Waals surface area contributed by atoms with Crippen molar-refractivity contribution < 1.29 is 25.0 Å². The maximum absolute atomic E-state index is 10.4. The Morgan fingerprint density at radius 1 is 1.36 bits per heavy atom. The molecule has 0 saturated heterocycles. The summed E-state index contributed by atoms with van der Waals surface area (Å²) in [5, 5.41) is 33.0. The molecule has 0 radical (unpaired) electrons. The minimum atomic E-state index is -0.921. The van der Waals surface area contributed by atoms with Gasteiger partial charge in [0, 0.05) is 11.8 Å². The number of aliphatic hydroxyl groups excluding tert-OH is 2. The van der Waals surface area contributed by atoms with Gasteiger partial charge in [-0.25, -0.2) is 0 Å². The number of fused-ring (bicyclic) bond motifs is 1. The predicted octanol–water partition coefficient (Wildman–Crippen LogP) is 1.59. The molecule has 0 aromatic heterocycles. The molecule has 0 spiro atoms. The van der Waals surface area contributed by atoms with Crippen molar-refractivity contribution >= 4 is 11.7 Å². The number of hydrogen-bond donors (Lipinski definition) is 3. The van der Waals surface area contributed by atoms with E-state index in [2.05, 4.69) is 17.0 Å². The van der Waals surface area contributed by atoms with Crippen molar-refractivity contribution in [3.8, 4) is 11.8 Å². The second-order valence-electron chi connectivity index (χ2n) is 6.47. The minimum Gasteiger partial charge on any atom is -0.481 e. The molecule has 5 atom stereocenters. The molecule has 6 nitrogen and oxygen atoms in total. The summed E-state index contributed by atoms with van der Waals surface area (Å²) in [5.74, 6) is 4.98. The quantitative estimate of drug-likeness (QED) is 0.428. The van der Waals surface area contributed by atoms with Crippen LogP contribution in [0.1, 0.15) is 30.9 Å². The third-order valence-electron chi connectivity index (χ3n) is 4.86. The zero-order valence-electron chi connectivity index (χ0n) is 13.7. The summed E-state index contributed by atoms with van der Waals surface area (Å²) in [7, 11) is 0. The van der Waals surface area contributed by atoms with E-state index in [1.807, 2.05) is 30.3 Å². The fraction of sp³-hybridized carbons (Fsp3) is 0.474. The van der Waals surface area contributed by atoms with Crippen molar-refractivity contribution in [2.75, 3.05) is 6.61 Å². The molecular formula is C19H21NO5.